The van der Waals surface area contributed by atoms with E-state index in [4.69, 9.17) is 0 Å². The number of carboxylic acids is 1. The van der Waals surface area contributed by atoms with Crippen LogP contribution in [0.5, 0.6) is 0 Å². The lowest BCUT2D eigenvalue weighted by Crippen LogP contribution is -2.14. The molecule has 0 aliphatic rings. The van der Waals surface area contributed by atoms with Crippen LogP contribution in [0, 0.1) is 0 Å². The van der Waals surface area contributed by atoms with Crippen LogP contribution in [0.15, 0.2) is 133 Å². The highest BCUT2D eigenvalue weighted by atomic mass is 16.4. The molecule has 0 saturated carbocycles. The third kappa shape index (κ3) is 4.32. The lowest BCUT2D eigenvalue weighted by atomic mass is 10.0. The Bertz CT molecular complexity index is 1310. The van der Waals surface area contributed by atoms with Gasteiger partial charge in [-0.3, -0.25) is 0 Å². The maximum Gasteiger partial charge on any atom is 0.337 e. The summed E-state index contributed by atoms with van der Waals surface area (Å²) >= 11 is 0. The fraction of sp³-hybridized carbons (Fsp3) is 0. The lowest BCUT2D eigenvalue weighted by Gasteiger charge is -2.27. The average molecular weight is 442 g/mol. The topological polar surface area (TPSA) is 40.5 Å². The molecule has 0 aliphatic carbocycles. The zero-order chi connectivity index (χ0) is 23.3. The summed E-state index contributed by atoms with van der Waals surface area (Å²) in [6.45, 7) is 0. The number of para-hydroxylation sites is 1. The van der Waals surface area contributed by atoms with Crippen LogP contribution in [0.2, 0.25) is 0 Å². The summed E-state index contributed by atoms with van der Waals surface area (Å²) in [5.74, 6) is -0.956. The van der Waals surface area contributed by atoms with Crippen molar-refractivity contribution in [1.29, 1.82) is 0 Å². The van der Waals surface area contributed by atoms with Crippen molar-refractivity contribution in [2.24, 2.45) is 0 Å². The van der Waals surface area contributed by atoms with Gasteiger partial charge in [-0.1, -0.05) is 97.1 Å². The van der Waals surface area contributed by atoms with Crippen molar-refractivity contribution in [2.75, 3.05) is 4.90 Å². The zero-order valence-electron chi connectivity index (χ0n) is 18.5. The second-order valence-electron chi connectivity index (χ2n) is 7.98. The number of carboxylic acid groups (broad SMARTS) is 1. The van der Waals surface area contributed by atoms with Crippen molar-refractivity contribution >= 4 is 23.0 Å². The van der Waals surface area contributed by atoms with Crippen LogP contribution in [0.3, 0.4) is 0 Å². The first-order valence-electron chi connectivity index (χ1n) is 11.1. The van der Waals surface area contributed by atoms with Crippen molar-refractivity contribution in [3.05, 3.63) is 139 Å². The molecular weight excluding hydrogens is 418 g/mol. The van der Waals surface area contributed by atoms with E-state index in [1.165, 1.54) is 0 Å². The highest BCUT2D eigenvalue weighted by Crippen LogP contribution is 2.38. The van der Waals surface area contributed by atoms with Crippen molar-refractivity contribution in [3.63, 3.8) is 0 Å². The Kier molecular flexibility index (Phi) is 5.91. The van der Waals surface area contributed by atoms with E-state index in [2.05, 4.69) is 48.5 Å². The Morgan fingerprint density at radius 3 is 1.29 bits per heavy atom. The van der Waals surface area contributed by atoms with Gasteiger partial charge < -0.3 is 10.0 Å². The van der Waals surface area contributed by atoms with Gasteiger partial charge >= 0.3 is 5.97 Å². The summed E-state index contributed by atoms with van der Waals surface area (Å²) in [6.07, 6.45) is 0. The van der Waals surface area contributed by atoms with Crippen LogP contribution in [0.1, 0.15) is 10.4 Å². The standard InChI is InChI=1S/C31H23NO2/c33-31(34)29-13-7-8-14-30(29)32(27-19-15-25(16-20-27)23-9-3-1-4-10-23)28-21-17-26(18-22-28)24-11-5-2-6-12-24/h1-22H,(H,33,34). The van der Waals surface area contributed by atoms with Gasteiger partial charge in [0.25, 0.3) is 0 Å². The van der Waals surface area contributed by atoms with E-state index in [9.17, 15) is 9.90 Å². The first-order valence-corrected chi connectivity index (χ1v) is 11.1. The van der Waals surface area contributed by atoms with Crippen LogP contribution >= 0.6 is 0 Å². The number of nitrogens with zero attached hydrogens (tertiary/aromatic N) is 1. The maximum atomic E-state index is 12.0. The maximum absolute atomic E-state index is 12.0. The Morgan fingerprint density at radius 2 is 0.853 bits per heavy atom. The summed E-state index contributed by atoms with van der Waals surface area (Å²) in [5, 5.41) is 9.87. The molecule has 0 fully saturated rings. The summed E-state index contributed by atoms with van der Waals surface area (Å²) < 4.78 is 0. The molecule has 0 atom stereocenters. The van der Waals surface area contributed by atoms with E-state index in [0.717, 1.165) is 33.6 Å². The SMILES string of the molecule is O=C(O)c1ccccc1N(c1ccc(-c2ccccc2)cc1)c1ccc(-c2ccccc2)cc1. The Balaban J connectivity index is 1.59. The minimum absolute atomic E-state index is 0.252. The predicted octanol–water partition coefficient (Wildman–Crippen LogP) is 8.19. The summed E-state index contributed by atoms with van der Waals surface area (Å²) in [4.78, 5) is 14.0. The number of anilines is 3. The fourth-order valence-electron chi connectivity index (χ4n) is 4.14. The van der Waals surface area contributed by atoms with Gasteiger partial charge in [-0.2, -0.15) is 0 Å². The number of rotatable bonds is 6. The molecule has 0 spiro atoms. The summed E-state index contributed by atoms with van der Waals surface area (Å²) in [5.41, 5.74) is 7.14. The molecule has 0 radical (unpaired) electrons. The van der Waals surface area contributed by atoms with Crippen LogP contribution in [-0.4, -0.2) is 11.1 Å². The fourth-order valence-corrected chi connectivity index (χ4v) is 4.14. The van der Waals surface area contributed by atoms with Crippen LogP contribution in [-0.2, 0) is 0 Å². The molecule has 0 aliphatic heterocycles. The highest BCUT2D eigenvalue weighted by Gasteiger charge is 2.19. The average Bonchev–Trinajstić information content (AvgIpc) is 2.91. The third-order valence-electron chi connectivity index (χ3n) is 5.84. The summed E-state index contributed by atoms with van der Waals surface area (Å²) in [7, 11) is 0. The van der Waals surface area contributed by atoms with Crippen molar-refractivity contribution < 1.29 is 9.90 Å². The van der Waals surface area contributed by atoms with Gasteiger partial charge in [-0.15, -0.1) is 0 Å². The number of carbonyl (C=O) groups is 1. The molecule has 0 aromatic heterocycles. The van der Waals surface area contributed by atoms with E-state index >= 15 is 0 Å². The molecular formula is C31H23NO2. The van der Waals surface area contributed by atoms with Crippen molar-refractivity contribution in [1.82, 2.24) is 0 Å². The highest BCUT2D eigenvalue weighted by molar-refractivity contribution is 5.97. The van der Waals surface area contributed by atoms with Gasteiger partial charge in [-0.05, 0) is 58.7 Å². The lowest BCUT2D eigenvalue weighted by molar-refractivity contribution is 0.0698. The first-order chi connectivity index (χ1) is 16.7. The van der Waals surface area contributed by atoms with Crippen LogP contribution in [0.25, 0.3) is 22.3 Å². The second-order valence-corrected chi connectivity index (χ2v) is 7.98. The molecule has 5 rings (SSSR count). The van der Waals surface area contributed by atoms with E-state index in [0.29, 0.717) is 5.69 Å². The van der Waals surface area contributed by atoms with E-state index < -0.39 is 5.97 Å². The van der Waals surface area contributed by atoms with Crippen molar-refractivity contribution in [2.45, 2.75) is 0 Å². The van der Waals surface area contributed by atoms with E-state index in [1.54, 1.807) is 12.1 Å². The molecule has 5 aromatic carbocycles. The molecule has 0 amide bonds. The Hall–Kier alpha value is -4.63. The molecule has 0 bridgehead atoms. The Morgan fingerprint density at radius 1 is 0.471 bits per heavy atom. The molecule has 3 nitrogen and oxygen atoms in total. The molecule has 5 aromatic rings. The van der Waals surface area contributed by atoms with Gasteiger partial charge in [0.1, 0.15) is 0 Å². The van der Waals surface area contributed by atoms with Crippen molar-refractivity contribution in [3.8, 4) is 22.3 Å². The normalized spacial score (nSPS) is 10.6. The monoisotopic (exact) mass is 441 g/mol. The molecule has 3 heteroatoms. The van der Waals surface area contributed by atoms with E-state index in [1.807, 2.05) is 77.7 Å². The molecule has 164 valence electrons. The zero-order valence-corrected chi connectivity index (χ0v) is 18.5. The van der Waals surface area contributed by atoms with Gasteiger partial charge in [0.05, 0.1) is 11.3 Å². The first kappa shape index (κ1) is 21.2. The van der Waals surface area contributed by atoms with Gasteiger partial charge in [0.15, 0.2) is 0 Å². The smallest absolute Gasteiger partial charge is 0.337 e. The van der Waals surface area contributed by atoms with Crippen LogP contribution in [0.4, 0.5) is 17.1 Å². The number of aromatic carboxylic acids is 1. The second kappa shape index (κ2) is 9.47. The third-order valence-corrected chi connectivity index (χ3v) is 5.84. The predicted molar refractivity (Wildman–Crippen MR) is 139 cm³/mol. The minimum Gasteiger partial charge on any atom is -0.478 e. The number of benzene rings is 5. The molecule has 0 heterocycles. The van der Waals surface area contributed by atoms with Gasteiger partial charge in [0, 0.05) is 11.4 Å². The summed E-state index contributed by atoms with van der Waals surface area (Å²) in [6, 6.07) is 43.9. The number of hydrogen-bond acceptors (Lipinski definition) is 2. The molecule has 0 saturated heterocycles. The quantitative estimate of drug-likeness (QED) is 0.289. The van der Waals surface area contributed by atoms with E-state index in [-0.39, 0.29) is 5.56 Å². The molecule has 34 heavy (non-hydrogen) atoms. The Labute approximate surface area is 199 Å². The number of hydrogen-bond donors (Lipinski definition) is 1. The largest absolute Gasteiger partial charge is 0.478 e. The molecule has 1 N–H and O–H groups in total. The minimum atomic E-state index is -0.956. The van der Waals surface area contributed by atoms with Gasteiger partial charge in [-0.25, -0.2) is 4.79 Å². The van der Waals surface area contributed by atoms with Crippen LogP contribution < -0.4 is 4.90 Å². The molecule has 0 unspecified atom stereocenters. The van der Waals surface area contributed by atoms with Gasteiger partial charge in [0.2, 0.25) is 0 Å².